The van der Waals surface area contributed by atoms with Gasteiger partial charge in [-0.3, -0.25) is 0 Å². The van der Waals surface area contributed by atoms with Crippen LogP contribution in [0.15, 0.2) is 42.5 Å². The lowest BCUT2D eigenvalue weighted by atomic mass is 10.00. The number of benzene rings is 2. The Balaban J connectivity index is 1.96. The van der Waals surface area contributed by atoms with Gasteiger partial charge in [0.2, 0.25) is 0 Å². The van der Waals surface area contributed by atoms with Crippen LogP contribution in [0.4, 0.5) is 0 Å². The van der Waals surface area contributed by atoms with Crippen LogP contribution in [-0.2, 0) is 0 Å². The van der Waals surface area contributed by atoms with Gasteiger partial charge in [-0.05, 0) is 48.9 Å². The van der Waals surface area contributed by atoms with Crippen LogP contribution < -0.4 is 14.8 Å². The van der Waals surface area contributed by atoms with Gasteiger partial charge < -0.3 is 14.8 Å². The van der Waals surface area contributed by atoms with Gasteiger partial charge in [0.25, 0.3) is 0 Å². The van der Waals surface area contributed by atoms with Gasteiger partial charge in [0, 0.05) is 6.04 Å². The van der Waals surface area contributed by atoms with Gasteiger partial charge in [-0.2, -0.15) is 0 Å². The molecule has 1 heterocycles. The molecule has 1 N–H and O–H groups in total. The van der Waals surface area contributed by atoms with E-state index in [0.29, 0.717) is 19.3 Å². The maximum Gasteiger partial charge on any atom is 0.161 e. The van der Waals surface area contributed by atoms with E-state index in [0.717, 1.165) is 17.1 Å². The van der Waals surface area contributed by atoms with Crippen molar-refractivity contribution in [2.24, 2.45) is 0 Å². The summed E-state index contributed by atoms with van der Waals surface area (Å²) in [5.74, 6) is 1.67. The second-order valence-electron chi connectivity index (χ2n) is 4.99. The van der Waals surface area contributed by atoms with Gasteiger partial charge in [0.1, 0.15) is 13.2 Å². The van der Waals surface area contributed by atoms with Crippen LogP contribution in [0.1, 0.15) is 18.5 Å². The highest BCUT2D eigenvalue weighted by molar-refractivity contribution is 5.68. The number of ether oxygens (including phenoxy) is 2. The van der Waals surface area contributed by atoms with Gasteiger partial charge in [0.15, 0.2) is 11.5 Å². The minimum atomic E-state index is 0.340. The minimum absolute atomic E-state index is 0.340. The Morgan fingerprint density at radius 1 is 0.950 bits per heavy atom. The molecule has 3 rings (SSSR count). The van der Waals surface area contributed by atoms with Crippen molar-refractivity contribution < 1.29 is 9.47 Å². The Bertz CT molecular complexity index is 610. The summed E-state index contributed by atoms with van der Waals surface area (Å²) in [6.45, 7) is 3.40. The third-order valence-electron chi connectivity index (χ3n) is 3.70. The molecule has 1 aliphatic heterocycles. The third-order valence-corrected chi connectivity index (χ3v) is 3.70. The van der Waals surface area contributed by atoms with Gasteiger partial charge in [-0.25, -0.2) is 0 Å². The first kappa shape index (κ1) is 13.0. The van der Waals surface area contributed by atoms with Crippen LogP contribution in [0.3, 0.4) is 0 Å². The fourth-order valence-electron chi connectivity index (χ4n) is 2.38. The molecule has 0 saturated heterocycles. The van der Waals surface area contributed by atoms with Crippen LogP contribution in [-0.4, -0.2) is 20.3 Å². The zero-order valence-electron chi connectivity index (χ0n) is 11.8. The number of rotatable bonds is 3. The lowest BCUT2D eigenvalue weighted by Crippen LogP contribution is -2.15. The Labute approximate surface area is 119 Å². The lowest BCUT2D eigenvalue weighted by Gasteiger charge is -2.19. The lowest BCUT2D eigenvalue weighted by molar-refractivity contribution is 0.171. The van der Waals surface area contributed by atoms with Crippen LogP contribution in [0, 0.1) is 0 Å². The fraction of sp³-hybridized carbons (Fsp3) is 0.294. The summed E-state index contributed by atoms with van der Waals surface area (Å²) in [5, 5.41) is 3.27. The zero-order valence-corrected chi connectivity index (χ0v) is 11.8. The van der Waals surface area contributed by atoms with Crippen LogP contribution in [0.5, 0.6) is 11.5 Å². The molecule has 2 aromatic carbocycles. The monoisotopic (exact) mass is 269 g/mol. The van der Waals surface area contributed by atoms with Crippen molar-refractivity contribution in [3.05, 3.63) is 48.0 Å². The second-order valence-corrected chi connectivity index (χ2v) is 4.99. The number of fused-ring (bicyclic) bond motifs is 1. The van der Waals surface area contributed by atoms with E-state index in [1.807, 2.05) is 13.1 Å². The molecule has 0 bridgehead atoms. The molecule has 0 fully saturated rings. The molecule has 3 heteroatoms. The highest BCUT2D eigenvalue weighted by Gasteiger charge is 2.12. The summed E-state index contributed by atoms with van der Waals surface area (Å²) < 4.78 is 11.2. The summed E-state index contributed by atoms with van der Waals surface area (Å²) in [5.41, 5.74) is 3.63. The van der Waals surface area contributed by atoms with Crippen molar-refractivity contribution in [1.82, 2.24) is 5.32 Å². The summed E-state index contributed by atoms with van der Waals surface area (Å²) in [7, 11) is 1.97. The van der Waals surface area contributed by atoms with Crippen LogP contribution in [0.25, 0.3) is 11.1 Å². The Kier molecular flexibility index (Phi) is 3.61. The maximum atomic E-state index is 5.65. The fourth-order valence-corrected chi connectivity index (χ4v) is 2.38. The SMILES string of the molecule is CNC(C)c1cccc(-c2ccc3c(c2)OCCO3)c1. The summed E-state index contributed by atoms with van der Waals surface area (Å²) in [4.78, 5) is 0. The molecule has 104 valence electrons. The molecule has 0 amide bonds. The first-order chi connectivity index (χ1) is 9.78. The van der Waals surface area contributed by atoms with E-state index < -0.39 is 0 Å². The highest BCUT2D eigenvalue weighted by Crippen LogP contribution is 2.35. The van der Waals surface area contributed by atoms with E-state index in [4.69, 9.17) is 9.47 Å². The zero-order chi connectivity index (χ0) is 13.9. The average Bonchev–Trinajstić information content (AvgIpc) is 2.53. The number of nitrogens with one attached hydrogen (secondary N) is 1. The molecule has 1 atom stereocenters. The largest absolute Gasteiger partial charge is 0.486 e. The highest BCUT2D eigenvalue weighted by atomic mass is 16.6. The van der Waals surface area contributed by atoms with Gasteiger partial charge in [-0.15, -0.1) is 0 Å². The minimum Gasteiger partial charge on any atom is -0.486 e. The molecule has 1 unspecified atom stereocenters. The van der Waals surface area contributed by atoms with E-state index >= 15 is 0 Å². The first-order valence-corrected chi connectivity index (χ1v) is 6.95. The standard InChI is InChI=1S/C17H19NO2/c1-12(18-2)13-4-3-5-14(10-13)15-6-7-16-17(11-15)20-9-8-19-16/h3-7,10-12,18H,8-9H2,1-2H3. The number of hydrogen-bond acceptors (Lipinski definition) is 3. The third kappa shape index (κ3) is 2.49. The van der Waals surface area contributed by atoms with E-state index in [1.54, 1.807) is 0 Å². The Morgan fingerprint density at radius 2 is 1.70 bits per heavy atom. The predicted molar refractivity (Wildman–Crippen MR) is 80.3 cm³/mol. The van der Waals surface area contributed by atoms with Crippen molar-refractivity contribution in [3.8, 4) is 22.6 Å². The van der Waals surface area contributed by atoms with Crippen molar-refractivity contribution >= 4 is 0 Å². The van der Waals surface area contributed by atoms with E-state index in [2.05, 4.69) is 48.6 Å². The van der Waals surface area contributed by atoms with E-state index in [-0.39, 0.29) is 0 Å². The molecule has 0 spiro atoms. The summed E-state index contributed by atoms with van der Waals surface area (Å²) in [6, 6.07) is 15.0. The quantitative estimate of drug-likeness (QED) is 0.926. The molecule has 2 aromatic rings. The van der Waals surface area contributed by atoms with E-state index in [9.17, 15) is 0 Å². The summed E-state index contributed by atoms with van der Waals surface area (Å²) >= 11 is 0. The molecule has 20 heavy (non-hydrogen) atoms. The van der Waals surface area contributed by atoms with Crippen LogP contribution in [0.2, 0.25) is 0 Å². The van der Waals surface area contributed by atoms with Crippen molar-refractivity contribution in [2.45, 2.75) is 13.0 Å². The Hall–Kier alpha value is -2.00. The van der Waals surface area contributed by atoms with Gasteiger partial charge in [-0.1, -0.05) is 24.3 Å². The van der Waals surface area contributed by atoms with Crippen molar-refractivity contribution in [1.29, 1.82) is 0 Å². The molecular weight excluding hydrogens is 250 g/mol. The van der Waals surface area contributed by atoms with Crippen molar-refractivity contribution in [2.75, 3.05) is 20.3 Å². The normalized spacial score (nSPS) is 14.9. The molecule has 0 aliphatic carbocycles. The predicted octanol–water partition coefficient (Wildman–Crippen LogP) is 3.41. The topological polar surface area (TPSA) is 30.5 Å². The van der Waals surface area contributed by atoms with Gasteiger partial charge >= 0.3 is 0 Å². The maximum absolute atomic E-state index is 5.65. The number of hydrogen-bond donors (Lipinski definition) is 1. The molecule has 0 aromatic heterocycles. The van der Waals surface area contributed by atoms with Gasteiger partial charge in [0.05, 0.1) is 0 Å². The molecule has 0 radical (unpaired) electrons. The molecule has 1 aliphatic rings. The second kappa shape index (κ2) is 5.55. The Morgan fingerprint density at radius 3 is 2.50 bits per heavy atom. The molecule has 3 nitrogen and oxygen atoms in total. The molecule has 0 saturated carbocycles. The van der Waals surface area contributed by atoms with Crippen molar-refractivity contribution in [3.63, 3.8) is 0 Å². The summed E-state index contributed by atoms with van der Waals surface area (Å²) in [6.07, 6.45) is 0. The van der Waals surface area contributed by atoms with Crippen LogP contribution >= 0.6 is 0 Å². The first-order valence-electron chi connectivity index (χ1n) is 6.95. The molecular formula is C17H19NO2. The average molecular weight is 269 g/mol. The van der Waals surface area contributed by atoms with E-state index in [1.165, 1.54) is 11.1 Å². The smallest absolute Gasteiger partial charge is 0.161 e.